The van der Waals surface area contributed by atoms with E-state index in [0.717, 1.165) is 0 Å². The molecule has 0 spiro atoms. The van der Waals surface area contributed by atoms with Crippen LogP contribution in [-0.4, -0.2) is 28.6 Å². The van der Waals surface area contributed by atoms with Crippen molar-refractivity contribution in [3.63, 3.8) is 0 Å². The number of aromatic nitrogens is 2. The van der Waals surface area contributed by atoms with Crippen molar-refractivity contribution in [1.82, 2.24) is 9.78 Å². The highest BCUT2D eigenvalue weighted by Gasteiger charge is 2.36. The predicted octanol–water partition coefficient (Wildman–Crippen LogP) is 4.29. The van der Waals surface area contributed by atoms with Crippen molar-refractivity contribution in [2.45, 2.75) is 19.3 Å². The molecular weight excluding hydrogens is 397 g/mol. The molecule has 4 rings (SSSR count). The van der Waals surface area contributed by atoms with E-state index >= 15 is 0 Å². The fourth-order valence-corrected chi connectivity index (χ4v) is 3.76. The molecule has 1 atom stereocenters. The van der Waals surface area contributed by atoms with E-state index in [9.17, 15) is 14.0 Å². The number of aryl methyl sites for hydroxylation is 1. The zero-order chi connectivity index (χ0) is 20.7. The van der Waals surface area contributed by atoms with Gasteiger partial charge in [-0.05, 0) is 43.3 Å². The highest BCUT2D eigenvalue weighted by atomic mass is 35.5. The maximum absolute atomic E-state index is 13.7. The number of hydrogen-bond donors (Lipinski definition) is 1. The van der Waals surface area contributed by atoms with Gasteiger partial charge in [-0.2, -0.15) is 5.10 Å². The Bertz CT molecular complexity index is 1140. The number of halogens is 2. The highest BCUT2D eigenvalue weighted by molar-refractivity contribution is 6.30. The van der Waals surface area contributed by atoms with Gasteiger partial charge in [0.05, 0.1) is 24.4 Å². The van der Waals surface area contributed by atoms with E-state index in [1.165, 1.54) is 25.3 Å². The van der Waals surface area contributed by atoms with Gasteiger partial charge < -0.3 is 10.1 Å². The maximum atomic E-state index is 13.7. The summed E-state index contributed by atoms with van der Waals surface area (Å²) in [5.41, 5.74) is 2.19. The van der Waals surface area contributed by atoms with E-state index < -0.39 is 11.7 Å². The van der Waals surface area contributed by atoms with E-state index in [-0.39, 0.29) is 29.4 Å². The van der Waals surface area contributed by atoms with Crippen LogP contribution in [0.1, 0.15) is 34.0 Å². The zero-order valence-corrected chi connectivity index (χ0v) is 16.5. The summed E-state index contributed by atoms with van der Waals surface area (Å²) in [5.74, 6) is -1.48. The Morgan fingerprint density at radius 3 is 2.83 bits per heavy atom. The average Bonchev–Trinajstić information content (AvgIpc) is 3.03. The Kier molecular flexibility index (Phi) is 4.84. The first-order chi connectivity index (χ1) is 13.9. The van der Waals surface area contributed by atoms with Gasteiger partial charge in [-0.1, -0.05) is 17.7 Å². The van der Waals surface area contributed by atoms with Gasteiger partial charge in [0.2, 0.25) is 5.91 Å². The van der Waals surface area contributed by atoms with E-state index in [2.05, 4.69) is 10.4 Å². The molecule has 3 aromatic rings. The molecule has 0 bridgehead atoms. The molecule has 1 N–H and O–H groups in total. The number of benzene rings is 2. The topological polar surface area (TPSA) is 73.2 Å². The second-order valence-electron chi connectivity index (χ2n) is 6.76. The Hall–Kier alpha value is -3.19. The molecule has 29 heavy (non-hydrogen) atoms. The van der Waals surface area contributed by atoms with Crippen molar-refractivity contribution in [3.8, 4) is 11.4 Å². The van der Waals surface area contributed by atoms with Gasteiger partial charge in [0, 0.05) is 22.6 Å². The number of ether oxygens (including phenoxy) is 1. The van der Waals surface area contributed by atoms with Crippen LogP contribution in [-0.2, 0) is 4.79 Å². The summed E-state index contributed by atoms with van der Waals surface area (Å²) in [5, 5.41) is 7.86. The molecule has 0 saturated carbocycles. The lowest BCUT2D eigenvalue weighted by atomic mass is 9.85. The third-order valence-electron chi connectivity index (χ3n) is 4.91. The summed E-state index contributed by atoms with van der Waals surface area (Å²) < 4.78 is 20.3. The first kappa shape index (κ1) is 19.1. The Labute approximate surface area is 171 Å². The third-order valence-corrected chi connectivity index (χ3v) is 5.14. The SMILES string of the molecule is COc1cc(C(=O)[C@@H]2CC(=O)Nc3c2c(C)nn3-c2cccc(Cl)c2)ccc1F. The van der Waals surface area contributed by atoms with Gasteiger partial charge >= 0.3 is 0 Å². The normalized spacial score (nSPS) is 15.6. The lowest BCUT2D eigenvalue weighted by Gasteiger charge is -2.23. The van der Waals surface area contributed by atoms with Gasteiger partial charge in [-0.25, -0.2) is 9.07 Å². The Morgan fingerprint density at radius 2 is 2.10 bits per heavy atom. The molecule has 8 heteroatoms. The van der Waals surface area contributed by atoms with Gasteiger partial charge in [0.1, 0.15) is 5.82 Å². The highest BCUT2D eigenvalue weighted by Crippen LogP contribution is 2.38. The number of methoxy groups -OCH3 is 1. The molecule has 0 unspecified atom stereocenters. The molecule has 0 radical (unpaired) electrons. The number of Topliss-reactive ketones (excluding diaryl/α,β-unsaturated/α-hetero) is 1. The van der Waals surface area contributed by atoms with Crippen LogP contribution in [0.3, 0.4) is 0 Å². The minimum absolute atomic E-state index is 0.0202. The second-order valence-corrected chi connectivity index (χ2v) is 7.19. The molecule has 1 aromatic heterocycles. The van der Waals surface area contributed by atoms with Crippen molar-refractivity contribution < 1.29 is 18.7 Å². The maximum Gasteiger partial charge on any atom is 0.226 e. The van der Waals surface area contributed by atoms with E-state index in [4.69, 9.17) is 16.3 Å². The van der Waals surface area contributed by atoms with Gasteiger partial charge in [-0.3, -0.25) is 9.59 Å². The zero-order valence-electron chi connectivity index (χ0n) is 15.7. The van der Waals surface area contributed by atoms with Crippen LogP contribution < -0.4 is 10.1 Å². The van der Waals surface area contributed by atoms with E-state index in [1.54, 1.807) is 35.9 Å². The van der Waals surface area contributed by atoms with Crippen LogP contribution in [0.5, 0.6) is 5.75 Å². The van der Waals surface area contributed by atoms with Crippen LogP contribution in [0.15, 0.2) is 42.5 Å². The molecule has 0 saturated heterocycles. The molecule has 148 valence electrons. The molecule has 2 heterocycles. The fraction of sp³-hybridized carbons (Fsp3) is 0.190. The summed E-state index contributed by atoms with van der Waals surface area (Å²) in [6.07, 6.45) is -0.0202. The number of nitrogens with zero attached hydrogens (tertiary/aromatic N) is 2. The number of amides is 1. The Balaban J connectivity index is 1.81. The molecule has 1 amide bonds. The minimum Gasteiger partial charge on any atom is -0.494 e. The van der Waals surface area contributed by atoms with Crippen LogP contribution in [0, 0.1) is 12.7 Å². The number of carbonyl (C=O) groups excluding carboxylic acids is 2. The summed E-state index contributed by atoms with van der Waals surface area (Å²) in [6, 6.07) is 11.0. The van der Waals surface area contributed by atoms with Crippen molar-refractivity contribution in [1.29, 1.82) is 0 Å². The van der Waals surface area contributed by atoms with Crippen molar-refractivity contribution in [2.75, 3.05) is 12.4 Å². The molecule has 0 fully saturated rings. The van der Waals surface area contributed by atoms with Crippen LogP contribution in [0.25, 0.3) is 5.69 Å². The summed E-state index contributed by atoms with van der Waals surface area (Å²) in [7, 11) is 1.33. The average molecular weight is 414 g/mol. The quantitative estimate of drug-likeness (QED) is 0.647. The van der Waals surface area contributed by atoms with Crippen molar-refractivity contribution in [2.24, 2.45) is 0 Å². The van der Waals surface area contributed by atoms with Crippen molar-refractivity contribution >= 4 is 29.1 Å². The smallest absolute Gasteiger partial charge is 0.226 e. The van der Waals surface area contributed by atoms with Gasteiger partial charge in [0.15, 0.2) is 17.3 Å². The van der Waals surface area contributed by atoms with Crippen molar-refractivity contribution in [3.05, 3.63) is 70.1 Å². The molecule has 0 aliphatic carbocycles. The fourth-order valence-electron chi connectivity index (χ4n) is 3.58. The number of carbonyl (C=O) groups is 2. The van der Waals surface area contributed by atoms with Gasteiger partial charge in [-0.15, -0.1) is 0 Å². The number of fused-ring (bicyclic) bond motifs is 1. The summed E-state index contributed by atoms with van der Waals surface area (Å²) in [4.78, 5) is 25.6. The molecule has 6 nitrogen and oxygen atoms in total. The number of ketones is 1. The second kappa shape index (κ2) is 7.33. The van der Waals surface area contributed by atoms with E-state index in [1.807, 2.05) is 0 Å². The molecule has 1 aliphatic rings. The monoisotopic (exact) mass is 413 g/mol. The predicted molar refractivity (Wildman–Crippen MR) is 107 cm³/mol. The Morgan fingerprint density at radius 1 is 1.31 bits per heavy atom. The standard InChI is InChI=1S/C21H17ClFN3O3/c1-11-19-15(20(28)12-6-7-16(23)17(8-12)29-2)10-18(27)24-21(19)26(25-11)14-5-3-4-13(22)9-14/h3-9,15H,10H2,1-2H3,(H,24,27)/t15-/m1/s1. The number of anilines is 1. The first-order valence-electron chi connectivity index (χ1n) is 8.92. The van der Waals surface area contributed by atoms with Gasteiger partial charge in [0.25, 0.3) is 0 Å². The van der Waals surface area contributed by atoms with E-state index in [0.29, 0.717) is 27.8 Å². The van der Waals surface area contributed by atoms with Crippen LogP contribution in [0.2, 0.25) is 5.02 Å². The largest absolute Gasteiger partial charge is 0.494 e. The molecular formula is C21H17ClFN3O3. The number of rotatable bonds is 4. The number of hydrogen-bond acceptors (Lipinski definition) is 4. The first-order valence-corrected chi connectivity index (χ1v) is 9.30. The lowest BCUT2D eigenvalue weighted by Crippen LogP contribution is -2.28. The summed E-state index contributed by atoms with van der Waals surface area (Å²) >= 11 is 6.09. The van der Waals surface area contributed by atoms with Crippen LogP contribution in [0.4, 0.5) is 10.2 Å². The summed E-state index contributed by atoms with van der Waals surface area (Å²) in [6.45, 7) is 1.78. The molecule has 1 aliphatic heterocycles. The third kappa shape index (κ3) is 3.38. The number of nitrogens with one attached hydrogen (secondary N) is 1. The molecule has 2 aromatic carbocycles. The van der Waals surface area contributed by atoms with Crippen LogP contribution >= 0.6 is 11.6 Å². The lowest BCUT2D eigenvalue weighted by molar-refractivity contribution is -0.116. The minimum atomic E-state index is -0.734.